The second kappa shape index (κ2) is 12.6. The minimum atomic E-state index is -0.906. The molecule has 4 bridgehead atoms. The van der Waals surface area contributed by atoms with Crippen molar-refractivity contribution >= 4 is 27.7 Å². The molecule has 8 aliphatic heterocycles. The highest BCUT2D eigenvalue weighted by Crippen LogP contribution is 2.63. The Morgan fingerprint density at radius 3 is 1.90 bits per heavy atom. The quantitative estimate of drug-likeness (QED) is 0.294. The Morgan fingerprint density at radius 2 is 1.31 bits per heavy atom. The molecule has 17 atom stereocenters. The summed E-state index contributed by atoms with van der Waals surface area (Å²) >= 11 is 3.48. The standard InChI is InChI=1S/C39H54BrNO10/c1-20-7-13-28-22(3)30(43-33-38(28)26(20)15-17-36(5,46-33)48-50-38)19-31(44-35(42)41-25-11-9-24(40)10-12-25)32-23(4)29-14-8-21(2)27-16-18-37(6)47-34(45-32)39(27,29)51-49-37/h9-12,20-23,26-34H,7-8,13-19H2,1-6H3,(H,41,42)/t20-,21-,22-,23-,26+,27+,28+,29+,30-,31+,32+,33-,34-,36-,37-,38-,39-/m1/s1. The van der Waals surface area contributed by atoms with Crippen LogP contribution in [0, 0.1) is 47.3 Å². The molecule has 1 amide bonds. The van der Waals surface area contributed by atoms with E-state index in [9.17, 15) is 4.79 Å². The zero-order chi connectivity index (χ0) is 35.5. The van der Waals surface area contributed by atoms with E-state index in [0.717, 1.165) is 55.8 Å². The van der Waals surface area contributed by atoms with Gasteiger partial charge in [0.05, 0.1) is 6.10 Å². The number of halogens is 1. The van der Waals surface area contributed by atoms with E-state index < -0.39 is 53.7 Å². The summed E-state index contributed by atoms with van der Waals surface area (Å²) < 4.78 is 34.9. The van der Waals surface area contributed by atoms with E-state index in [-0.39, 0.29) is 41.6 Å². The first-order chi connectivity index (χ1) is 24.3. The molecule has 12 heteroatoms. The monoisotopic (exact) mass is 775 g/mol. The fraction of sp³-hybridized carbons (Fsp3) is 0.821. The molecule has 282 valence electrons. The Bertz CT molecular complexity index is 1500. The molecule has 0 aromatic heterocycles. The van der Waals surface area contributed by atoms with Crippen molar-refractivity contribution in [3.63, 3.8) is 0 Å². The van der Waals surface area contributed by atoms with Crippen LogP contribution in [0.25, 0.3) is 0 Å². The topological polar surface area (TPSA) is 112 Å². The van der Waals surface area contributed by atoms with Gasteiger partial charge in [-0.15, -0.1) is 0 Å². The number of anilines is 1. The number of carbonyl (C=O) groups excluding carboxylic acids is 1. The summed E-state index contributed by atoms with van der Waals surface area (Å²) in [7, 11) is 0. The fourth-order valence-corrected chi connectivity index (χ4v) is 12.2. The van der Waals surface area contributed by atoms with Crippen LogP contribution in [0.15, 0.2) is 28.7 Å². The van der Waals surface area contributed by atoms with Gasteiger partial charge in [-0.1, -0.05) is 43.6 Å². The van der Waals surface area contributed by atoms with Crippen LogP contribution in [0.1, 0.15) is 99.3 Å². The third-order valence-electron chi connectivity index (χ3n) is 14.7. The van der Waals surface area contributed by atoms with Crippen molar-refractivity contribution in [1.82, 2.24) is 0 Å². The van der Waals surface area contributed by atoms with Gasteiger partial charge < -0.3 is 23.7 Å². The number of ether oxygens (including phenoxy) is 5. The zero-order valence-corrected chi connectivity index (χ0v) is 32.2. The van der Waals surface area contributed by atoms with Crippen molar-refractivity contribution in [2.45, 2.75) is 153 Å². The van der Waals surface area contributed by atoms with Gasteiger partial charge in [0, 0.05) is 41.3 Å². The summed E-state index contributed by atoms with van der Waals surface area (Å²) in [6.07, 6.45) is 4.76. The zero-order valence-electron chi connectivity index (χ0n) is 30.6. The second-order valence-corrected chi connectivity index (χ2v) is 18.5. The fourth-order valence-electron chi connectivity index (χ4n) is 11.9. The number of fused-ring (bicyclic) bond motifs is 4. The van der Waals surface area contributed by atoms with E-state index in [1.54, 1.807) is 0 Å². The Hall–Kier alpha value is -1.35. The number of amides is 1. The highest BCUT2D eigenvalue weighted by atomic mass is 79.9. The molecule has 8 saturated heterocycles. The summed E-state index contributed by atoms with van der Waals surface area (Å²) in [6, 6.07) is 7.46. The first-order valence-corrected chi connectivity index (χ1v) is 20.3. The number of benzene rings is 1. The van der Waals surface area contributed by atoms with Crippen molar-refractivity contribution in [2.75, 3.05) is 5.32 Å². The largest absolute Gasteiger partial charge is 0.443 e. The SMILES string of the molecule is C[C@H]1[C@@H]([C@H](C[C@H]2O[C@@H]3O[C@@]4(C)CC[C@H]5[C@H](C)CC[C@@H]([C@H]2C)[C@@]35OO4)OC(=O)Nc2ccc(Br)cc2)O[C@@H]2O[C@@]3(C)CC[C@H]4[C@H](C)CC[C@@H]1[C@@]24OO3. The van der Waals surface area contributed by atoms with Crippen molar-refractivity contribution < 1.29 is 48.0 Å². The van der Waals surface area contributed by atoms with Crippen molar-refractivity contribution in [1.29, 1.82) is 0 Å². The normalized spacial score (nSPS) is 51.7. The maximum atomic E-state index is 13.8. The van der Waals surface area contributed by atoms with E-state index in [2.05, 4.69) is 48.9 Å². The number of rotatable bonds is 5. The van der Waals surface area contributed by atoms with Gasteiger partial charge in [0.25, 0.3) is 0 Å². The van der Waals surface area contributed by atoms with Gasteiger partial charge in [0.1, 0.15) is 12.2 Å². The maximum Gasteiger partial charge on any atom is 0.411 e. The summed E-state index contributed by atoms with van der Waals surface area (Å²) in [5.74, 6) is -0.0637. The van der Waals surface area contributed by atoms with E-state index in [0.29, 0.717) is 23.9 Å². The van der Waals surface area contributed by atoms with Crippen LogP contribution in [0.3, 0.4) is 0 Å². The molecule has 0 unspecified atom stereocenters. The van der Waals surface area contributed by atoms with Gasteiger partial charge in [-0.3, -0.25) is 5.32 Å². The molecule has 2 aliphatic carbocycles. The smallest absolute Gasteiger partial charge is 0.411 e. The van der Waals surface area contributed by atoms with Gasteiger partial charge in [-0.25, -0.2) is 24.3 Å². The molecule has 1 N–H and O–H groups in total. The third kappa shape index (κ3) is 5.51. The Morgan fingerprint density at radius 1 is 0.765 bits per heavy atom. The number of hydrogen-bond acceptors (Lipinski definition) is 10. The number of carbonyl (C=O) groups is 1. The van der Waals surface area contributed by atoms with Crippen molar-refractivity contribution in [3.05, 3.63) is 28.7 Å². The summed E-state index contributed by atoms with van der Waals surface area (Å²) in [5.41, 5.74) is -0.748. The lowest BCUT2D eigenvalue weighted by Crippen LogP contribution is -2.72. The molecule has 10 aliphatic rings. The second-order valence-electron chi connectivity index (χ2n) is 17.6. The molecule has 51 heavy (non-hydrogen) atoms. The van der Waals surface area contributed by atoms with Crippen LogP contribution in [0.4, 0.5) is 10.5 Å². The van der Waals surface area contributed by atoms with Crippen molar-refractivity contribution in [3.8, 4) is 0 Å². The van der Waals surface area contributed by atoms with E-state index >= 15 is 0 Å². The van der Waals surface area contributed by atoms with Crippen LogP contribution in [-0.4, -0.2) is 59.8 Å². The molecule has 2 saturated carbocycles. The number of hydrogen-bond donors (Lipinski definition) is 1. The molecule has 11 rings (SSSR count). The number of nitrogens with one attached hydrogen (secondary N) is 1. The average molecular weight is 777 g/mol. The maximum absolute atomic E-state index is 13.8. The molecule has 1 aromatic carbocycles. The molecular weight excluding hydrogens is 722 g/mol. The minimum Gasteiger partial charge on any atom is -0.443 e. The van der Waals surface area contributed by atoms with Crippen LogP contribution in [0.2, 0.25) is 0 Å². The molecule has 8 heterocycles. The molecule has 2 spiro atoms. The van der Waals surface area contributed by atoms with Gasteiger partial charge in [-0.2, -0.15) is 0 Å². The van der Waals surface area contributed by atoms with Crippen molar-refractivity contribution in [2.24, 2.45) is 47.3 Å². The van der Waals surface area contributed by atoms with Gasteiger partial charge >= 0.3 is 6.09 Å². The minimum absolute atomic E-state index is 0.0256. The Balaban J connectivity index is 1.04. The van der Waals surface area contributed by atoms with Crippen LogP contribution in [0.5, 0.6) is 0 Å². The first-order valence-electron chi connectivity index (χ1n) is 19.5. The predicted octanol–water partition coefficient (Wildman–Crippen LogP) is 8.26. The highest BCUT2D eigenvalue weighted by molar-refractivity contribution is 9.10. The molecular formula is C39H54BrNO10. The summed E-state index contributed by atoms with van der Waals surface area (Å²) in [5, 5.41) is 2.95. The van der Waals surface area contributed by atoms with Crippen LogP contribution < -0.4 is 5.32 Å². The molecule has 10 fully saturated rings. The first kappa shape index (κ1) is 35.4. The van der Waals surface area contributed by atoms with Gasteiger partial charge in [0.15, 0.2) is 23.8 Å². The predicted molar refractivity (Wildman–Crippen MR) is 186 cm³/mol. The van der Waals surface area contributed by atoms with E-state index in [1.807, 2.05) is 38.1 Å². The summed E-state index contributed by atoms with van der Waals surface area (Å²) in [6.45, 7) is 13.0. The Labute approximate surface area is 309 Å². The van der Waals surface area contributed by atoms with Gasteiger partial charge in [0.2, 0.25) is 11.6 Å². The third-order valence-corrected chi connectivity index (χ3v) is 15.2. The lowest BCUT2D eigenvalue weighted by atomic mass is 9.56. The average Bonchev–Trinajstić information content (AvgIpc) is 3.47. The lowest BCUT2D eigenvalue weighted by molar-refractivity contribution is -0.573. The molecule has 1 aromatic rings. The lowest BCUT2D eigenvalue weighted by Gasteiger charge is -2.62. The molecule has 0 radical (unpaired) electrons. The highest BCUT2D eigenvalue weighted by Gasteiger charge is 2.72. The van der Waals surface area contributed by atoms with E-state index in [4.69, 9.17) is 43.2 Å². The van der Waals surface area contributed by atoms with Crippen LogP contribution >= 0.6 is 15.9 Å². The summed E-state index contributed by atoms with van der Waals surface area (Å²) in [4.78, 5) is 38.8. The Kier molecular flexibility index (Phi) is 8.73. The molecule has 11 nitrogen and oxygen atoms in total. The van der Waals surface area contributed by atoms with Gasteiger partial charge in [-0.05, 0) is 112 Å². The van der Waals surface area contributed by atoms with Crippen LogP contribution in [-0.2, 0) is 43.2 Å². The van der Waals surface area contributed by atoms with E-state index in [1.165, 1.54) is 0 Å².